The molecule has 6 atom stereocenters. The maximum absolute atomic E-state index is 10.4. The van der Waals surface area contributed by atoms with Crippen molar-refractivity contribution < 1.29 is 33.9 Å². The molecule has 3 saturated heterocycles. The van der Waals surface area contributed by atoms with E-state index in [9.17, 15) is 10.2 Å². The average Bonchev–Trinajstić information content (AvgIpc) is 3.22. The lowest BCUT2D eigenvalue weighted by Gasteiger charge is -2.40. The van der Waals surface area contributed by atoms with Gasteiger partial charge in [0.25, 0.3) is 0 Å². The van der Waals surface area contributed by atoms with Gasteiger partial charge in [0.2, 0.25) is 0 Å². The van der Waals surface area contributed by atoms with Gasteiger partial charge in [-0.25, -0.2) is 0 Å². The summed E-state index contributed by atoms with van der Waals surface area (Å²) in [6.45, 7) is 0.424. The molecule has 0 aromatic carbocycles. The molecule has 2 aliphatic carbocycles. The molecule has 2 unspecified atom stereocenters. The van der Waals surface area contributed by atoms with Gasteiger partial charge in [-0.2, -0.15) is 0 Å². The Labute approximate surface area is 153 Å². The summed E-state index contributed by atoms with van der Waals surface area (Å²) < 4.78 is 30.7. The van der Waals surface area contributed by atoms with Gasteiger partial charge in [0.1, 0.15) is 30.5 Å². The van der Waals surface area contributed by atoms with Crippen molar-refractivity contribution in [1.29, 1.82) is 0 Å². The Balaban J connectivity index is 1.35. The molecule has 0 amide bonds. The molecule has 26 heavy (non-hydrogen) atoms. The first-order valence-electron chi connectivity index (χ1n) is 10.3. The molecule has 5 aliphatic rings. The summed E-state index contributed by atoms with van der Waals surface area (Å²) in [6, 6.07) is 0. The molecule has 0 aromatic rings. The maximum atomic E-state index is 10.4. The Hall–Kier alpha value is -0.280. The molecule has 2 saturated carbocycles. The fourth-order valence-electron chi connectivity index (χ4n) is 5.37. The molecule has 2 spiro atoms. The third kappa shape index (κ3) is 2.92. The minimum atomic E-state index is -1.30. The monoisotopic (exact) mass is 370 g/mol. The Bertz CT molecular complexity index is 514. The van der Waals surface area contributed by atoms with E-state index in [0.717, 1.165) is 51.4 Å². The minimum absolute atomic E-state index is 0.315. The van der Waals surface area contributed by atoms with Crippen LogP contribution in [0.4, 0.5) is 0 Å². The van der Waals surface area contributed by atoms with Crippen LogP contribution in [0.25, 0.3) is 0 Å². The van der Waals surface area contributed by atoms with Crippen LogP contribution >= 0.6 is 0 Å². The Morgan fingerprint density at radius 1 is 0.654 bits per heavy atom. The molecule has 0 aromatic heterocycles. The second kappa shape index (κ2) is 6.65. The van der Waals surface area contributed by atoms with Gasteiger partial charge in [0.15, 0.2) is 17.9 Å². The molecule has 0 radical (unpaired) electrons. The highest BCUT2D eigenvalue weighted by Gasteiger charge is 2.60. The first-order chi connectivity index (χ1) is 12.6. The largest absolute Gasteiger partial charge is 0.385 e. The van der Waals surface area contributed by atoms with Crippen molar-refractivity contribution in [2.45, 2.75) is 113 Å². The molecule has 3 aliphatic heterocycles. The summed E-state index contributed by atoms with van der Waals surface area (Å²) >= 11 is 0. The first kappa shape index (κ1) is 17.8. The average molecular weight is 370 g/mol. The summed E-state index contributed by atoms with van der Waals surface area (Å²) in [5.41, 5.74) is 0. The maximum Gasteiger partial charge on any atom is 0.184 e. The highest BCUT2D eigenvalue weighted by Crippen LogP contribution is 2.47. The van der Waals surface area contributed by atoms with Gasteiger partial charge in [-0.3, -0.25) is 0 Å². The number of fused-ring (bicyclic) bond motifs is 1. The minimum Gasteiger partial charge on any atom is -0.385 e. The van der Waals surface area contributed by atoms with Gasteiger partial charge in [0, 0.05) is 25.7 Å². The van der Waals surface area contributed by atoms with Gasteiger partial charge < -0.3 is 33.9 Å². The SMILES string of the molecule is O[C@@H]1O[C@@H]([C@H]2COC3(CCCCC3)O2)C2OC3(CCCCC3)OC2[C@H]1O. The molecule has 2 N–H and O–H groups in total. The van der Waals surface area contributed by atoms with Gasteiger partial charge >= 0.3 is 0 Å². The van der Waals surface area contributed by atoms with Crippen LogP contribution in [0.15, 0.2) is 0 Å². The van der Waals surface area contributed by atoms with Crippen molar-refractivity contribution in [3.8, 4) is 0 Å². The second-order valence-corrected chi connectivity index (χ2v) is 8.56. The van der Waals surface area contributed by atoms with E-state index in [1.165, 1.54) is 12.8 Å². The van der Waals surface area contributed by atoms with Gasteiger partial charge in [0.05, 0.1) is 6.61 Å². The van der Waals surface area contributed by atoms with Crippen molar-refractivity contribution in [3.05, 3.63) is 0 Å². The molecular weight excluding hydrogens is 340 g/mol. The van der Waals surface area contributed by atoms with Crippen molar-refractivity contribution in [3.63, 3.8) is 0 Å². The quantitative estimate of drug-likeness (QED) is 0.725. The van der Waals surface area contributed by atoms with Crippen LogP contribution in [-0.4, -0.2) is 65.2 Å². The van der Waals surface area contributed by atoms with E-state index < -0.39 is 42.3 Å². The van der Waals surface area contributed by atoms with E-state index >= 15 is 0 Å². The van der Waals surface area contributed by atoms with Crippen LogP contribution in [0.1, 0.15) is 64.2 Å². The highest BCUT2D eigenvalue weighted by atomic mass is 16.8. The zero-order chi connectivity index (χ0) is 17.8. The van der Waals surface area contributed by atoms with Gasteiger partial charge in [-0.15, -0.1) is 0 Å². The molecule has 3 heterocycles. The Morgan fingerprint density at radius 3 is 1.96 bits per heavy atom. The summed E-state index contributed by atoms with van der Waals surface area (Å²) in [6.07, 6.45) is 5.90. The summed E-state index contributed by atoms with van der Waals surface area (Å²) in [5, 5.41) is 20.7. The summed E-state index contributed by atoms with van der Waals surface area (Å²) in [4.78, 5) is 0. The van der Waals surface area contributed by atoms with E-state index in [-0.39, 0.29) is 6.10 Å². The second-order valence-electron chi connectivity index (χ2n) is 8.56. The van der Waals surface area contributed by atoms with Crippen molar-refractivity contribution in [2.24, 2.45) is 0 Å². The first-order valence-corrected chi connectivity index (χ1v) is 10.3. The molecule has 5 fully saturated rings. The van der Waals surface area contributed by atoms with Crippen molar-refractivity contribution in [1.82, 2.24) is 0 Å². The number of ether oxygens (including phenoxy) is 5. The van der Waals surface area contributed by atoms with Crippen molar-refractivity contribution >= 4 is 0 Å². The van der Waals surface area contributed by atoms with Crippen LogP contribution in [0.5, 0.6) is 0 Å². The van der Waals surface area contributed by atoms with E-state index in [2.05, 4.69) is 0 Å². The molecular formula is C19H30O7. The molecule has 0 bridgehead atoms. The standard InChI is InChI=1S/C19H30O7/c20-13-15-16(26-19(25-15)9-5-2-6-10-19)14(23-17(13)21)12-11-22-18(24-12)7-3-1-4-8-18/h12-17,20-21H,1-11H2/t12-,13-,14+,15?,16?,17-/m1/s1. The lowest BCUT2D eigenvalue weighted by atomic mass is 9.93. The lowest BCUT2D eigenvalue weighted by molar-refractivity contribution is -0.284. The number of aliphatic hydroxyl groups excluding tert-OH is 2. The predicted molar refractivity (Wildman–Crippen MR) is 89.1 cm³/mol. The van der Waals surface area contributed by atoms with Crippen molar-refractivity contribution in [2.75, 3.05) is 6.61 Å². The van der Waals surface area contributed by atoms with Crippen LogP contribution in [0, 0.1) is 0 Å². The fraction of sp³-hybridized carbons (Fsp3) is 1.00. The predicted octanol–water partition coefficient (Wildman–Crippen LogP) is 1.58. The number of rotatable bonds is 1. The highest BCUT2D eigenvalue weighted by molar-refractivity contribution is 5.02. The zero-order valence-electron chi connectivity index (χ0n) is 15.2. The molecule has 7 nitrogen and oxygen atoms in total. The number of aliphatic hydroxyl groups is 2. The third-order valence-electron chi connectivity index (χ3n) is 6.75. The normalized spacial score (nSPS) is 47.3. The zero-order valence-corrected chi connectivity index (χ0v) is 15.2. The van der Waals surface area contributed by atoms with E-state index in [0.29, 0.717) is 6.61 Å². The lowest BCUT2D eigenvalue weighted by Crippen LogP contribution is -2.60. The smallest absolute Gasteiger partial charge is 0.184 e. The van der Waals surface area contributed by atoms with Crippen LogP contribution < -0.4 is 0 Å². The Kier molecular flexibility index (Phi) is 4.55. The van der Waals surface area contributed by atoms with E-state index in [1.54, 1.807) is 0 Å². The fourth-order valence-corrected chi connectivity index (χ4v) is 5.37. The summed E-state index contributed by atoms with van der Waals surface area (Å²) in [5.74, 6) is -1.16. The molecule has 7 heteroatoms. The topological polar surface area (TPSA) is 86.6 Å². The van der Waals surface area contributed by atoms with E-state index in [1.807, 2.05) is 0 Å². The van der Waals surface area contributed by atoms with Gasteiger partial charge in [-0.05, 0) is 25.7 Å². The molecule has 5 rings (SSSR count). The summed E-state index contributed by atoms with van der Waals surface area (Å²) in [7, 11) is 0. The van der Waals surface area contributed by atoms with Crippen LogP contribution in [0.3, 0.4) is 0 Å². The van der Waals surface area contributed by atoms with Gasteiger partial charge in [-0.1, -0.05) is 12.8 Å². The van der Waals surface area contributed by atoms with E-state index in [4.69, 9.17) is 23.7 Å². The third-order valence-corrected chi connectivity index (χ3v) is 6.75. The molecule has 148 valence electrons. The van der Waals surface area contributed by atoms with Crippen LogP contribution in [0.2, 0.25) is 0 Å². The Morgan fingerprint density at radius 2 is 1.27 bits per heavy atom. The van der Waals surface area contributed by atoms with Crippen LogP contribution in [-0.2, 0) is 23.7 Å². The number of hydrogen-bond donors (Lipinski definition) is 2. The number of hydrogen-bond acceptors (Lipinski definition) is 7.